The number of fused-ring (bicyclic) bond motifs is 1. The molecule has 0 radical (unpaired) electrons. The number of ether oxygens (including phenoxy) is 1. The van der Waals surface area contributed by atoms with Crippen LogP contribution in [-0.2, 0) is 17.7 Å². The van der Waals surface area contributed by atoms with Crippen LogP contribution in [0.3, 0.4) is 0 Å². The van der Waals surface area contributed by atoms with E-state index in [2.05, 4.69) is 35.1 Å². The van der Waals surface area contributed by atoms with Crippen LogP contribution in [0.4, 0.5) is 16.0 Å². The molecule has 5 heterocycles. The minimum absolute atomic E-state index is 0.416. The SMILES string of the molecule is Fc1nc(NCc2ccc(N3CCOCC3)nc2)ccc1Cc1c[nH]c2ncncc12. The Hall–Kier alpha value is -3.59. The zero-order valence-corrected chi connectivity index (χ0v) is 16.9. The maximum Gasteiger partial charge on any atom is 0.218 e. The molecule has 4 aromatic rings. The molecule has 9 heteroatoms. The van der Waals surface area contributed by atoms with Gasteiger partial charge < -0.3 is 19.9 Å². The zero-order chi connectivity index (χ0) is 21.0. The molecule has 0 saturated carbocycles. The van der Waals surface area contributed by atoms with Crippen molar-refractivity contribution in [2.75, 3.05) is 36.5 Å². The van der Waals surface area contributed by atoms with Crippen LogP contribution >= 0.6 is 0 Å². The highest BCUT2D eigenvalue weighted by Crippen LogP contribution is 2.21. The molecule has 0 aliphatic carbocycles. The van der Waals surface area contributed by atoms with Crippen molar-refractivity contribution < 1.29 is 9.13 Å². The standard InChI is InChI=1S/C22H22FN7O/c23-21-16(9-17-12-27-22-18(17)13-24-14-28-22)2-3-19(29-21)25-10-15-1-4-20(26-11-15)30-5-7-31-8-6-30/h1-4,11-14H,5-10H2,(H,25,29)(H,24,27,28). The first kappa shape index (κ1) is 19.4. The van der Waals surface area contributed by atoms with E-state index in [1.165, 1.54) is 6.33 Å². The molecule has 31 heavy (non-hydrogen) atoms. The molecular weight excluding hydrogens is 397 g/mol. The summed E-state index contributed by atoms with van der Waals surface area (Å²) in [6.45, 7) is 3.68. The van der Waals surface area contributed by atoms with Crippen LogP contribution in [0.2, 0.25) is 0 Å². The topological polar surface area (TPSA) is 91.8 Å². The summed E-state index contributed by atoms with van der Waals surface area (Å²) < 4.78 is 20.0. The molecule has 0 spiro atoms. The van der Waals surface area contributed by atoms with Crippen molar-refractivity contribution in [3.05, 3.63) is 71.8 Å². The molecule has 158 valence electrons. The van der Waals surface area contributed by atoms with Gasteiger partial charge in [0.1, 0.15) is 23.6 Å². The largest absolute Gasteiger partial charge is 0.378 e. The maximum absolute atomic E-state index is 14.6. The lowest BCUT2D eigenvalue weighted by atomic mass is 10.1. The quantitative estimate of drug-likeness (QED) is 0.464. The fraction of sp³-hybridized carbons (Fsp3) is 0.273. The number of pyridine rings is 2. The summed E-state index contributed by atoms with van der Waals surface area (Å²) in [6, 6.07) is 7.57. The number of aromatic amines is 1. The van der Waals surface area contributed by atoms with E-state index in [4.69, 9.17) is 4.74 Å². The van der Waals surface area contributed by atoms with Gasteiger partial charge in [0, 0.05) is 55.6 Å². The Kier molecular flexibility index (Phi) is 5.40. The zero-order valence-electron chi connectivity index (χ0n) is 16.9. The Balaban J connectivity index is 1.22. The van der Waals surface area contributed by atoms with E-state index in [1.54, 1.807) is 18.3 Å². The number of halogens is 1. The van der Waals surface area contributed by atoms with Crippen LogP contribution in [0, 0.1) is 5.95 Å². The van der Waals surface area contributed by atoms with Gasteiger partial charge in [-0.1, -0.05) is 12.1 Å². The number of H-pyrrole nitrogens is 1. The summed E-state index contributed by atoms with van der Waals surface area (Å²) in [5, 5.41) is 4.05. The molecule has 0 unspecified atom stereocenters. The number of nitrogens with one attached hydrogen (secondary N) is 2. The second-order valence-corrected chi connectivity index (χ2v) is 7.40. The first-order valence-electron chi connectivity index (χ1n) is 10.2. The third kappa shape index (κ3) is 4.31. The number of morpholine rings is 1. The third-order valence-corrected chi connectivity index (χ3v) is 5.37. The molecule has 1 aliphatic heterocycles. The highest BCUT2D eigenvalue weighted by atomic mass is 19.1. The molecule has 1 saturated heterocycles. The number of anilines is 2. The van der Waals surface area contributed by atoms with Crippen molar-refractivity contribution in [1.82, 2.24) is 24.9 Å². The minimum Gasteiger partial charge on any atom is -0.378 e. The van der Waals surface area contributed by atoms with Crippen LogP contribution < -0.4 is 10.2 Å². The fourth-order valence-electron chi connectivity index (χ4n) is 3.65. The Morgan fingerprint density at radius 1 is 1.06 bits per heavy atom. The Morgan fingerprint density at radius 3 is 2.77 bits per heavy atom. The second kappa shape index (κ2) is 8.65. The highest BCUT2D eigenvalue weighted by Gasteiger charge is 2.13. The molecule has 0 amide bonds. The van der Waals surface area contributed by atoms with Gasteiger partial charge in [-0.3, -0.25) is 0 Å². The van der Waals surface area contributed by atoms with Crippen molar-refractivity contribution in [3.8, 4) is 0 Å². The molecular formula is C22H22FN7O. The van der Waals surface area contributed by atoms with Crippen LogP contribution in [0.15, 0.2) is 49.2 Å². The van der Waals surface area contributed by atoms with Gasteiger partial charge in [0.05, 0.1) is 13.2 Å². The van der Waals surface area contributed by atoms with E-state index in [0.29, 0.717) is 24.3 Å². The van der Waals surface area contributed by atoms with Crippen molar-refractivity contribution in [2.45, 2.75) is 13.0 Å². The van der Waals surface area contributed by atoms with Crippen molar-refractivity contribution >= 4 is 22.7 Å². The second-order valence-electron chi connectivity index (χ2n) is 7.40. The lowest BCUT2D eigenvalue weighted by molar-refractivity contribution is 0.122. The van der Waals surface area contributed by atoms with Gasteiger partial charge in [-0.2, -0.15) is 4.39 Å². The van der Waals surface area contributed by atoms with Crippen LogP contribution in [0.1, 0.15) is 16.7 Å². The smallest absolute Gasteiger partial charge is 0.218 e. The Labute approximate surface area is 178 Å². The molecule has 1 fully saturated rings. The van der Waals surface area contributed by atoms with Crippen LogP contribution in [0.5, 0.6) is 0 Å². The molecule has 0 atom stereocenters. The number of nitrogens with zero attached hydrogens (tertiary/aromatic N) is 5. The van der Waals surface area contributed by atoms with Crippen LogP contribution in [-0.4, -0.2) is 51.2 Å². The van der Waals surface area contributed by atoms with Gasteiger partial charge in [-0.25, -0.2) is 19.9 Å². The van der Waals surface area contributed by atoms with E-state index in [-0.39, 0.29) is 0 Å². The normalized spacial score (nSPS) is 14.2. The third-order valence-electron chi connectivity index (χ3n) is 5.37. The minimum atomic E-state index is -0.489. The summed E-state index contributed by atoms with van der Waals surface area (Å²) in [5.41, 5.74) is 3.20. The van der Waals surface area contributed by atoms with E-state index in [1.807, 2.05) is 24.5 Å². The van der Waals surface area contributed by atoms with Gasteiger partial charge in [0.2, 0.25) is 5.95 Å². The summed E-state index contributed by atoms with van der Waals surface area (Å²) in [7, 11) is 0. The molecule has 4 aromatic heterocycles. The number of hydrogen-bond donors (Lipinski definition) is 2. The fourth-order valence-corrected chi connectivity index (χ4v) is 3.65. The molecule has 8 nitrogen and oxygen atoms in total. The summed E-state index contributed by atoms with van der Waals surface area (Å²) in [5.74, 6) is 0.945. The molecule has 0 aromatic carbocycles. The predicted octanol–water partition coefficient (Wildman–Crippen LogP) is 2.93. The van der Waals surface area contributed by atoms with Gasteiger partial charge in [0.15, 0.2) is 0 Å². The van der Waals surface area contributed by atoms with E-state index < -0.39 is 5.95 Å². The average Bonchev–Trinajstić information content (AvgIpc) is 3.23. The average molecular weight is 419 g/mol. The van der Waals surface area contributed by atoms with Crippen LogP contribution in [0.25, 0.3) is 11.0 Å². The highest BCUT2D eigenvalue weighted by molar-refractivity contribution is 5.78. The van der Waals surface area contributed by atoms with E-state index in [9.17, 15) is 4.39 Å². The van der Waals surface area contributed by atoms with Gasteiger partial charge in [-0.05, 0) is 23.3 Å². The van der Waals surface area contributed by atoms with Gasteiger partial charge >= 0.3 is 0 Å². The summed E-state index contributed by atoms with van der Waals surface area (Å²) in [4.78, 5) is 22.1. The monoisotopic (exact) mass is 419 g/mol. The lowest BCUT2D eigenvalue weighted by Crippen LogP contribution is -2.36. The molecule has 5 rings (SSSR count). The molecule has 2 N–H and O–H groups in total. The first-order valence-corrected chi connectivity index (χ1v) is 10.2. The molecule has 0 bridgehead atoms. The Bertz CT molecular complexity index is 1170. The Morgan fingerprint density at radius 2 is 1.97 bits per heavy atom. The van der Waals surface area contributed by atoms with Gasteiger partial charge in [-0.15, -0.1) is 0 Å². The molecule has 1 aliphatic rings. The van der Waals surface area contributed by atoms with Crippen molar-refractivity contribution in [3.63, 3.8) is 0 Å². The van der Waals surface area contributed by atoms with E-state index >= 15 is 0 Å². The lowest BCUT2D eigenvalue weighted by Gasteiger charge is -2.27. The number of rotatable bonds is 6. The summed E-state index contributed by atoms with van der Waals surface area (Å²) >= 11 is 0. The number of hydrogen-bond acceptors (Lipinski definition) is 7. The van der Waals surface area contributed by atoms with E-state index in [0.717, 1.165) is 54.3 Å². The maximum atomic E-state index is 14.6. The predicted molar refractivity (Wildman–Crippen MR) is 115 cm³/mol. The van der Waals surface area contributed by atoms with Crippen molar-refractivity contribution in [2.24, 2.45) is 0 Å². The first-order chi connectivity index (χ1) is 15.3. The van der Waals surface area contributed by atoms with Crippen molar-refractivity contribution in [1.29, 1.82) is 0 Å². The number of aromatic nitrogens is 5. The summed E-state index contributed by atoms with van der Waals surface area (Å²) in [6.07, 6.45) is 7.30. The van der Waals surface area contributed by atoms with Gasteiger partial charge in [0.25, 0.3) is 0 Å².